The van der Waals surface area contributed by atoms with Gasteiger partial charge in [0, 0.05) is 23.6 Å². The molecule has 27 heavy (non-hydrogen) atoms. The fourth-order valence-electron chi connectivity index (χ4n) is 2.83. The number of carbonyl (C=O) groups is 2. The van der Waals surface area contributed by atoms with Crippen LogP contribution in [-0.4, -0.2) is 47.7 Å². The van der Waals surface area contributed by atoms with E-state index in [9.17, 15) is 9.59 Å². The quantitative estimate of drug-likeness (QED) is 0.754. The van der Waals surface area contributed by atoms with Crippen LogP contribution in [0.3, 0.4) is 0 Å². The minimum absolute atomic E-state index is 0.0201. The number of nitrogens with one attached hydrogen (secondary N) is 1. The number of piperidine rings is 1. The van der Waals surface area contributed by atoms with Gasteiger partial charge in [-0.2, -0.15) is 0 Å². The monoisotopic (exact) mass is 440 g/mol. The zero-order valence-electron chi connectivity index (χ0n) is 16.7. The summed E-state index contributed by atoms with van der Waals surface area (Å²) >= 11 is 3.41. The van der Waals surface area contributed by atoms with Gasteiger partial charge in [-0.1, -0.05) is 15.9 Å². The highest BCUT2D eigenvalue weighted by Gasteiger charge is 2.28. The van der Waals surface area contributed by atoms with Crippen molar-refractivity contribution in [2.24, 2.45) is 0 Å². The van der Waals surface area contributed by atoms with Gasteiger partial charge in [0.15, 0.2) is 0 Å². The van der Waals surface area contributed by atoms with Crippen LogP contribution in [0, 0.1) is 0 Å². The summed E-state index contributed by atoms with van der Waals surface area (Å²) in [6.45, 7) is 10.5. The van der Waals surface area contributed by atoms with Crippen LogP contribution >= 0.6 is 15.9 Å². The number of likely N-dealkylation sites (tertiary alicyclic amines) is 1. The van der Waals surface area contributed by atoms with Gasteiger partial charge in [-0.15, -0.1) is 0 Å². The molecule has 7 heteroatoms. The first-order valence-electron chi connectivity index (χ1n) is 9.30. The van der Waals surface area contributed by atoms with Crippen LogP contribution in [0.2, 0.25) is 0 Å². The first-order chi connectivity index (χ1) is 12.5. The first-order valence-corrected chi connectivity index (χ1v) is 10.1. The van der Waals surface area contributed by atoms with Crippen molar-refractivity contribution in [3.05, 3.63) is 28.2 Å². The van der Waals surface area contributed by atoms with Gasteiger partial charge >= 0.3 is 6.09 Å². The Morgan fingerprint density at radius 3 is 2.41 bits per heavy atom. The first kappa shape index (κ1) is 21.5. The number of ether oxygens (including phenoxy) is 2. The van der Waals surface area contributed by atoms with E-state index in [1.54, 1.807) is 17.0 Å². The number of nitrogens with zero attached hydrogens (tertiary/aromatic N) is 1. The Balaban J connectivity index is 1.94. The summed E-state index contributed by atoms with van der Waals surface area (Å²) in [6, 6.07) is 5.41. The summed E-state index contributed by atoms with van der Waals surface area (Å²) in [6.07, 6.45) is 1.07. The van der Waals surface area contributed by atoms with Crippen molar-refractivity contribution in [2.45, 2.75) is 65.2 Å². The molecule has 1 aromatic carbocycles. The minimum atomic E-state index is -0.503. The highest BCUT2D eigenvalue weighted by Crippen LogP contribution is 2.25. The van der Waals surface area contributed by atoms with Gasteiger partial charge in [-0.05, 0) is 65.7 Å². The lowest BCUT2D eigenvalue weighted by molar-refractivity contribution is 0.0199. The van der Waals surface area contributed by atoms with Gasteiger partial charge in [0.1, 0.15) is 11.4 Å². The van der Waals surface area contributed by atoms with E-state index in [2.05, 4.69) is 21.2 Å². The molecule has 1 aromatic rings. The fraction of sp³-hybridized carbons (Fsp3) is 0.600. The molecule has 0 radical (unpaired) electrons. The third-order valence-electron chi connectivity index (χ3n) is 4.03. The Labute approximate surface area is 169 Å². The molecular weight excluding hydrogens is 412 g/mol. The van der Waals surface area contributed by atoms with Crippen molar-refractivity contribution < 1.29 is 19.1 Å². The van der Waals surface area contributed by atoms with E-state index in [-0.39, 0.29) is 24.1 Å². The SMILES string of the molecule is CC(C)Oc1cc(Br)ccc1C(=O)NC1CCN(C(=O)OC(C)(C)C)CC1. The Hall–Kier alpha value is -1.76. The lowest BCUT2D eigenvalue weighted by Crippen LogP contribution is -2.47. The highest BCUT2D eigenvalue weighted by atomic mass is 79.9. The number of amides is 2. The average molecular weight is 441 g/mol. The van der Waals surface area contributed by atoms with Gasteiger partial charge < -0.3 is 19.7 Å². The smallest absolute Gasteiger partial charge is 0.410 e. The van der Waals surface area contributed by atoms with E-state index in [1.807, 2.05) is 40.7 Å². The molecule has 2 rings (SSSR count). The highest BCUT2D eigenvalue weighted by molar-refractivity contribution is 9.10. The van der Waals surface area contributed by atoms with E-state index < -0.39 is 5.60 Å². The molecule has 1 fully saturated rings. The number of benzene rings is 1. The normalized spacial score (nSPS) is 15.6. The van der Waals surface area contributed by atoms with Crippen LogP contribution in [0.25, 0.3) is 0 Å². The zero-order chi connectivity index (χ0) is 20.2. The van der Waals surface area contributed by atoms with Gasteiger partial charge in [0.2, 0.25) is 0 Å². The van der Waals surface area contributed by atoms with Crippen molar-refractivity contribution >= 4 is 27.9 Å². The lowest BCUT2D eigenvalue weighted by Gasteiger charge is -2.33. The van der Waals surface area contributed by atoms with Crippen LogP contribution < -0.4 is 10.1 Å². The van der Waals surface area contributed by atoms with Crippen LogP contribution in [0.4, 0.5) is 4.79 Å². The van der Waals surface area contributed by atoms with Crippen molar-refractivity contribution in [3.8, 4) is 5.75 Å². The molecule has 1 aliphatic heterocycles. The predicted molar refractivity (Wildman–Crippen MR) is 108 cm³/mol. The van der Waals surface area contributed by atoms with E-state index in [0.29, 0.717) is 37.2 Å². The van der Waals surface area contributed by atoms with E-state index in [4.69, 9.17) is 9.47 Å². The number of carbonyl (C=O) groups excluding carboxylic acids is 2. The van der Waals surface area contributed by atoms with Crippen LogP contribution in [-0.2, 0) is 4.74 Å². The van der Waals surface area contributed by atoms with Crippen molar-refractivity contribution in [2.75, 3.05) is 13.1 Å². The molecular formula is C20H29BrN2O4. The maximum atomic E-state index is 12.7. The summed E-state index contributed by atoms with van der Waals surface area (Å²) in [7, 11) is 0. The molecule has 0 bridgehead atoms. The van der Waals surface area contributed by atoms with Crippen molar-refractivity contribution in [1.29, 1.82) is 0 Å². The molecule has 0 spiro atoms. The Bertz CT molecular complexity index is 677. The number of halogens is 1. The maximum Gasteiger partial charge on any atom is 0.410 e. The zero-order valence-corrected chi connectivity index (χ0v) is 18.3. The van der Waals surface area contributed by atoms with Crippen LogP contribution in [0.1, 0.15) is 57.8 Å². The topological polar surface area (TPSA) is 67.9 Å². The molecule has 1 N–H and O–H groups in total. The molecule has 0 aliphatic carbocycles. The second-order valence-corrected chi connectivity index (χ2v) is 8.94. The Kier molecular flexibility index (Phi) is 7.14. The fourth-order valence-corrected chi connectivity index (χ4v) is 3.17. The molecule has 150 valence electrons. The minimum Gasteiger partial charge on any atom is -0.490 e. The summed E-state index contributed by atoms with van der Waals surface area (Å²) < 4.78 is 12.0. The lowest BCUT2D eigenvalue weighted by atomic mass is 10.0. The second kappa shape index (κ2) is 8.95. The summed E-state index contributed by atoms with van der Waals surface area (Å²) in [4.78, 5) is 26.6. The summed E-state index contributed by atoms with van der Waals surface area (Å²) in [5.74, 6) is 0.400. The second-order valence-electron chi connectivity index (χ2n) is 8.02. The molecule has 1 saturated heterocycles. The molecule has 2 amide bonds. The Morgan fingerprint density at radius 2 is 1.85 bits per heavy atom. The molecule has 1 heterocycles. The molecule has 0 atom stereocenters. The predicted octanol–water partition coefficient (Wildman–Crippen LogP) is 4.37. The summed E-state index contributed by atoms with van der Waals surface area (Å²) in [5.41, 5.74) is 0.0118. The van der Waals surface area contributed by atoms with Gasteiger partial charge in [0.25, 0.3) is 5.91 Å². The Morgan fingerprint density at radius 1 is 1.22 bits per heavy atom. The van der Waals surface area contributed by atoms with Gasteiger partial charge in [-0.3, -0.25) is 4.79 Å². The third kappa shape index (κ3) is 6.72. The van der Waals surface area contributed by atoms with E-state index >= 15 is 0 Å². The number of hydrogen-bond acceptors (Lipinski definition) is 4. The molecule has 6 nitrogen and oxygen atoms in total. The van der Waals surface area contributed by atoms with Crippen LogP contribution in [0.15, 0.2) is 22.7 Å². The third-order valence-corrected chi connectivity index (χ3v) is 4.53. The molecule has 0 aromatic heterocycles. The largest absolute Gasteiger partial charge is 0.490 e. The van der Waals surface area contributed by atoms with Gasteiger partial charge in [0.05, 0.1) is 11.7 Å². The standard InChI is InChI=1S/C20H29BrN2O4/c1-13(2)26-17-12-14(21)6-7-16(17)18(24)22-15-8-10-23(11-9-15)19(25)27-20(3,4)5/h6-7,12-13,15H,8-11H2,1-5H3,(H,22,24). The number of rotatable bonds is 4. The van der Waals surface area contributed by atoms with E-state index in [0.717, 1.165) is 4.47 Å². The average Bonchev–Trinajstić information content (AvgIpc) is 2.53. The number of hydrogen-bond donors (Lipinski definition) is 1. The van der Waals surface area contributed by atoms with E-state index in [1.165, 1.54) is 0 Å². The van der Waals surface area contributed by atoms with Crippen molar-refractivity contribution in [1.82, 2.24) is 10.2 Å². The van der Waals surface area contributed by atoms with Crippen LogP contribution in [0.5, 0.6) is 5.75 Å². The molecule has 1 aliphatic rings. The molecule has 0 saturated carbocycles. The molecule has 0 unspecified atom stereocenters. The summed E-state index contributed by atoms with van der Waals surface area (Å²) in [5, 5.41) is 3.06. The van der Waals surface area contributed by atoms with Crippen molar-refractivity contribution in [3.63, 3.8) is 0 Å². The van der Waals surface area contributed by atoms with Gasteiger partial charge in [-0.25, -0.2) is 4.79 Å². The maximum absolute atomic E-state index is 12.7.